The minimum absolute atomic E-state index is 0.0628. The number of carbonyl (C=O) groups excluding carboxylic acids is 1. The van der Waals surface area contributed by atoms with Gasteiger partial charge in [-0.25, -0.2) is 9.18 Å². The van der Waals surface area contributed by atoms with Crippen LogP contribution in [0.25, 0.3) is 0 Å². The molecule has 0 spiro atoms. The van der Waals surface area contributed by atoms with Gasteiger partial charge >= 0.3 is 12.0 Å². The van der Waals surface area contributed by atoms with Crippen molar-refractivity contribution in [1.29, 1.82) is 0 Å². The summed E-state index contributed by atoms with van der Waals surface area (Å²) in [7, 11) is 0. The van der Waals surface area contributed by atoms with E-state index in [0.29, 0.717) is 4.47 Å². The smallest absolute Gasteiger partial charge is 0.322 e. The molecule has 0 saturated heterocycles. The lowest BCUT2D eigenvalue weighted by Gasteiger charge is -2.22. The number of carbonyl (C=O) groups is 2. The zero-order valence-electron chi connectivity index (χ0n) is 10.6. The van der Waals surface area contributed by atoms with Crippen molar-refractivity contribution in [3.05, 3.63) is 28.5 Å². The first kappa shape index (κ1) is 14.8. The summed E-state index contributed by atoms with van der Waals surface area (Å²) in [6, 6.07) is 3.94. The van der Waals surface area contributed by atoms with E-state index in [1.807, 2.05) is 0 Å². The monoisotopic (exact) mass is 344 g/mol. The summed E-state index contributed by atoms with van der Waals surface area (Å²) in [6.45, 7) is 0.129. The molecule has 0 aliphatic heterocycles. The van der Waals surface area contributed by atoms with Crippen molar-refractivity contribution in [2.24, 2.45) is 0 Å². The number of amides is 2. The van der Waals surface area contributed by atoms with Crippen LogP contribution in [0.1, 0.15) is 19.3 Å². The number of anilines is 1. The maximum Gasteiger partial charge on any atom is 0.322 e. The van der Waals surface area contributed by atoms with Gasteiger partial charge in [0.25, 0.3) is 0 Å². The van der Waals surface area contributed by atoms with Crippen LogP contribution in [0.15, 0.2) is 22.7 Å². The van der Waals surface area contributed by atoms with E-state index in [-0.39, 0.29) is 24.7 Å². The third kappa shape index (κ3) is 3.93. The number of aliphatic carboxylic acids is 1. The molecule has 1 fully saturated rings. The Hall–Kier alpha value is -1.63. The van der Waals surface area contributed by atoms with Crippen LogP contribution in [-0.4, -0.2) is 34.6 Å². The van der Waals surface area contributed by atoms with Crippen LogP contribution in [-0.2, 0) is 4.79 Å². The number of carboxylic acid groups (broad SMARTS) is 1. The van der Waals surface area contributed by atoms with Crippen LogP contribution in [0.5, 0.6) is 0 Å². The molecule has 0 radical (unpaired) electrons. The molecule has 0 atom stereocenters. The number of nitrogens with zero attached hydrogens (tertiary/aromatic N) is 1. The Labute approximate surface area is 123 Å². The molecule has 1 aliphatic rings. The highest BCUT2D eigenvalue weighted by atomic mass is 79.9. The van der Waals surface area contributed by atoms with E-state index in [1.165, 1.54) is 17.0 Å². The van der Waals surface area contributed by atoms with Gasteiger partial charge in [-0.1, -0.05) is 15.9 Å². The topological polar surface area (TPSA) is 69.6 Å². The standard InChI is InChI=1S/C13H14BrFN2O3/c14-8-1-4-11(10(15)7-8)16-13(20)17(9-2-3-9)6-5-12(18)19/h1,4,7,9H,2-3,5-6H2,(H,16,20)(H,18,19). The molecule has 0 bridgehead atoms. The number of halogens is 2. The van der Waals surface area contributed by atoms with E-state index in [2.05, 4.69) is 21.2 Å². The van der Waals surface area contributed by atoms with Crippen molar-refractivity contribution >= 4 is 33.6 Å². The molecule has 2 N–H and O–H groups in total. The first-order chi connectivity index (χ1) is 9.47. The average Bonchev–Trinajstić information content (AvgIpc) is 3.17. The van der Waals surface area contributed by atoms with Crippen LogP contribution in [0.2, 0.25) is 0 Å². The Bertz CT molecular complexity index is 534. The number of carboxylic acids is 1. The SMILES string of the molecule is O=C(O)CCN(C(=O)Nc1ccc(Br)cc1F)C1CC1. The molecule has 7 heteroatoms. The molecule has 0 unspecified atom stereocenters. The highest BCUT2D eigenvalue weighted by Crippen LogP contribution is 2.28. The predicted octanol–water partition coefficient (Wildman–Crippen LogP) is 3.06. The van der Waals surface area contributed by atoms with Gasteiger partial charge in [-0.05, 0) is 31.0 Å². The molecule has 1 aromatic rings. The number of urea groups is 1. The normalized spacial score (nSPS) is 13.9. The van der Waals surface area contributed by atoms with Gasteiger partial charge in [0.2, 0.25) is 0 Å². The predicted molar refractivity (Wildman–Crippen MR) is 75.1 cm³/mol. The summed E-state index contributed by atoms with van der Waals surface area (Å²) < 4.78 is 14.2. The second-order valence-electron chi connectivity index (χ2n) is 4.62. The fraction of sp³-hybridized carbons (Fsp3) is 0.385. The quantitative estimate of drug-likeness (QED) is 0.862. The molecule has 0 heterocycles. The third-order valence-electron chi connectivity index (χ3n) is 2.99. The largest absolute Gasteiger partial charge is 0.481 e. The Morgan fingerprint density at radius 3 is 2.70 bits per heavy atom. The Morgan fingerprint density at radius 1 is 1.45 bits per heavy atom. The van der Waals surface area contributed by atoms with Gasteiger partial charge in [-0.15, -0.1) is 0 Å². The molecule has 5 nitrogen and oxygen atoms in total. The minimum atomic E-state index is -0.960. The molecular formula is C13H14BrFN2O3. The van der Waals surface area contributed by atoms with Gasteiger partial charge in [0.05, 0.1) is 12.1 Å². The third-order valence-corrected chi connectivity index (χ3v) is 3.48. The summed E-state index contributed by atoms with van der Waals surface area (Å²) in [5.74, 6) is -1.50. The number of hydrogen-bond donors (Lipinski definition) is 2. The summed E-state index contributed by atoms with van der Waals surface area (Å²) in [5, 5.41) is 11.2. The molecule has 20 heavy (non-hydrogen) atoms. The molecule has 2 rings (SSSR count). The number of rotatable bonds is 5. The van der Waals surface area contributed by atoms with Gasteiger partial charge in [0.15, 0.2) is 0 Å². The van der Waals surface area contributed by atoms with E-state index < -0.39 is 17.8 Å². The van der Waals surface area contributed by atoms with Gasteiger partial charge in [0.1, 0.15) is 5.82 Å². The van der Waals surface area contributed by atoms with Gasteiger partial charge < -0.3 is 15.3 Å². The van der Waals surface area contributed by atoms with Crippen molar-refractivity contribution in [1.82, 2.24) is 4.90 Å². The zero-order valence-corrected chi connectivity index (χ0v) is 12.2. The lowest BCUT2D eigenvalue weighted by Crippen LogP contribution is -2.38. The summed E-state index contributed by atoms with van der Waals surface area (Å²) in [4.78, 5) is 24.1. The van der Waals surface area contributed by atoms with Crippen molar-refractivity contribution in [2.45, 2.75) is 25.3 Å². The van der Waals surface area contributed by atoms with E-state index >= 15 is 0 Å². The highest BCUT2D eigenvalue weighted by Gasteiger charge is 2.32. The van der Waals surface area contributed by atoms with Crippen molar-refractivity contribution < 1.29 is 19.1 Å². The van der Waals surface area contributed by atoms with E-state index in [0.717, 1.165) is 12.8 Å². The van der Waals surface area contributed by atoms with Gasteiger partial charge in [-0.2, -0.15) is 0 Å². The average molecular weight is 345 g/mol. The number of hydrogen-bond acceptors (Lipinski definition) is 2. The Morgan fingerprint density at radius 2 is 2.15 bits per heavy atom. The van der Waals surface area contributed by atoms with Crippen LogP contribution in [0, 0.1) is 5.82 Å². The number of nitrogens with one attached hydrogen (secondary N) is 1. The maximum atomic E-state index is 13.6. The molecular weight excluding hydrogens is 331 g/mol. The van der Waals surface area contributed by atoms with Crippen LogP contribution < -0.4 is 5.32 Å². The summed E-state index contributed by atoms with van der Waals surface area (Å²) in [6.07, 6.45) is 1.60. The lowest BCUT2D eigenvalue weighted by atomic mass is 10.3. The summed E-state index contributed by atoms with van der Waals surface area (Å²) in [5.41, 5.74) is 0.0826. The van der Waals surface area contributed by atoms with Gasteiger partial charge in [0, 0.05) is 17.1 Å². The molecule has 1 saturated carbocycles. The fourth-order valence-corrected chi connectivity index (χ4v) is 2.16. The second-order valence-corrected chi connectivity index (χ2v) is 5.54. The van der Waals surface area contributed by atoms with Crippen molar-refractivity contribution in [3.8, 4) is 0 Å². The zero-order chi connectivity index (χ0) is 14.7. The van der Waals surface area contributed by atoms with Crippen molar-refractivity contribution in [2.75, 3.05) is 11.9 Å². The second kappa shape index (κ2) is 6.21. The highest BCUT2D eigenvalue weighted by molar-refractivity contribution is 9.10. The molecule has 0 aromatic heterocycles. The minimum Gasteiger partial charge on any atom is -0.481 e. The lowest BCUT2D eigenvalue weighted by molar-refractivity contribution is -0.137. The molecule has 1 aromatic carbocycles. The number of benzene rings is 1. The van der Waals surface area contributed by atoms with Crippen molar-refractivity contribution in [3.63, 3.8) is 0 Å². The summed E-state index contributed by atoms with van der Waals surface area (Å²) >= 11 is 3.14. The molecule has 2 amide bonds. The van der Waals surface area contributed by atoms with E-state index in [4.69, 9.17) is 5.11 Å². The Balaban J connectivity index is 2.02. The van der Waals surface area contributed by atoms with Gasteiger partial charge in [-0.3, -0.25) is 4.79 Å². The Kier molecular flexibility index (Phi) is 4.59. The molecule has 108 valence electrons. The maximum absolute atomic E-state index is 13.6. The van der Waals surface area contributed by atoms with Crippen LogP contribution in [0.4, 0.5) is 14.9 Å². The van der Waals surface area contributed by atoms with Crippen LogP contribution in [0.3, 0.4) is 0 Å². The molecule has 1 aliphatic carbocycles. The van der Waals surface area contributed by atoms with Crippen LogP contribution >= 0.6 is 15.9 Å². The first-order valence-electron chi connectivity index (χ1n) is 6.22. The fourth-order valence-electron chi connectivity index (χ4n) is 1.83. The van der Waals surface area contributed by atoms with E-state index in [1.54, 1.807) is 6.07 Å². The van der Waals surface area contributed by atoms with E-state index in [9.17, 15) is 14.0 Å². The first-order valence-corrected chi connectivity index (χ1v) is 7.01.